The molecule has 1 aliphatic rings. The zero-order valence-corrected chi connectivity index (χ0v) is 18.1. The molecule has 1 unspecified atom stereocenters. The van der Waals surface area contributed by atoms with E-state index in [1.54, 1.807) is 6.92 Å². The van der Waals surface area contributed by atoms with Crippen molar-refractivity contribution in [3.63, 3.8) is 0 Å². The third kappa shape index (κ3) is 4.73. The molecule has 0 heterocycles. The lowest BCUT2D eigenvalue weighted by molar-refractivity contribution is -0.129. The quantitative estimate of drug-likeness (QED) is 0.453. The van der Waals surface area contributed by atoms with Crippen LogP contribution in [0.2, 0.25) is 0 Å². The first kappa shape index (κ1) is 21.4. The van der Waals surface area contributed by atoms with Crippen LogP contribution < -0.4 is 10.6 Å². The minimum absolute atomic E-state index is 0.248. The number of carbonyl (C=O) groups is 2. The third-order valence-corrected chi connectivity index (χ3v) is 5.92. The number of rotatable bonds is 6. The Hall–Kier alpha value is -3.85. The van der Waals surface area contributed by atoms with Crippen LogP contribution in [0.25, 0.3) is 10.8 Å². The molecular formula is C26H26N4O2. The van der Waals surface area contributed by atoms with E-state index in [4.69, 9.17) is 0 Å². The van der Waals surface area contributed by atoms with Crippen LogP contribution in [0.15, 0.2) is 60.7 Å². The number of urea groups is 1. The van der Waals surface area contributed by atoms with Crippen LogP contribution in [0.4, 0.5) is 10.5 Å². The molecule has 0 aliphatic heterocycles. The van der Waals surface area contributed by atoms with Crippen LogP contribution in [0.3, 0.4) is 0 Å². The van der Waals surface area contributed by atoms with Crippen molar-refractivity contribution in [2.24, 2.45) is 0 Å². The monoisotopic (exact) mass is 426 g/mol. The van der Waals surface area contributed by atoms with Crippen LogP contribution >= 0.6 is 0 Å². The largest absolute Gasteiger partial charge is 0.326 e. The molecule has 32 heavy (non-hydrogen) atoms. The van der Waals surface area contributed by atoms with E-state index in [-0.39, 0.29) is 6.54 Å². The number of likely N-dealkylation sites (N-methyl/N-ethyl adjacent to an activating group) is 1. The van der Waals surface area contributed by atoms with Crippen molar-refractivity contribution in [3.8, 4) is 6.19 Å². The standard InChI is InChI=1S/C26H26N4O2/c1-2-30(17-27)25(31)24(15-18-10-11-19-6-3-4-7-21(19)14-18)29-26(32)28-23-13-12-20-8-5-9-22(20)16-23/h3-4,6-7,10-14,16,24H,2,5,8-9,15H2,1H3,(H2,28,29,32). The van der Waals surface area contributed by atoms with Crippen LogP contribution in [0, 0.1) is 11.5 Å². The van der Waals surface area contributed by atoms with E-state index in [9.17, 15) is 14.9 Å². The van der Waals surface area contributed by atoms with Gasteiger partial charge in [-0.2, -0.15) is 5.26 Å². The summed E-state index contributed by atoms with van der Waals surface area (Å²) < 4.78 is 0. The Morgan fingerprint density at radius 3 is 2.59 bits per heavy atom. The lowest BCUT2D eigenvalue weighted by Gasteiger charge is -2.22. The second kappa shape index (κ2) is 9.52. The first-order valence-electron chi connectivity index (χ1n) is 11.0. The Morgan fingerprint density at radius 2 is 1.81 bits per heavy atom. The van der Waals surface area contributed by atoms with Gasteiger partial charge in [-0.05, 0) is 65.8 Å². The SMILES string of the molecule is CCN(C#N)C(=O)C(Cc1ccc2ccccc2c1)NC(=O)Nc1ccc2c(c1)CCC2. The molecule has 1 aliphatic carbocycles. The summed E-state index contributed by atoms with van der Waals surface area (Å²) in [5.74, 6) is -0.424. The molecule has 162 valence electrons. The summed E-state index contributed by atoms with van der Waals surface area (Å²) in [5, 5.41) is 17.1. The molecule has 6 heteroatoms. The summed E-state index contributed by atoms with van der Waals surface area (Å²) in [5.41, 5.74) is 4.20. The molecule has 3 amide bonds. The molecule has 6 nitrogen and oxygen atoms in total. The number of carbonyl (C=O) groups excluding carboxylic acids is 2. The highest BCUT2D eigenvalue weighted by atomic mass is 16.2. The van der Waals surface area contributed by atoms with E-state index < -0.39 is 18.0 Å². The number of nitrogens with zero attached hydrogens (tertiary/aromatic N) is 2. The van der Waals surface area contributed by atoms with Crippen molar-refractivity contribution in [1.29, 1.82) is 5.26 Å². The molecule has 0 aromatic heterocycles. The predicted molar refractivity (Wildman–Crippen MR) is 125 cm³/mol. The molecule has 3 aromatic carbocycles. The number of benzene rings is 3. The van der Waals surface area contributed by atoms with Crippen LogP contribution in [0.5, 0.6) is 0 Å². The highest BCUT2D eigenvalue weighted by Gasteiger charge is 2.26. The van der Waals surface area contributed by atoms with Crippen LogP contribution in [-0.2, 0) is 24.1 Å². The van der Waals surface area contributed by atoms with Crippen molar-refractivity contribution in [1.82, 2.24) is 10.2 Å². The first-order valence-corrected chi connectivity index (χ1v) is 11.0. The van der Waals surface area contributed by atoms with Gasteiger partial charge in [-0.25, -0.2) is 9.69 Å². The molecule has 0 bridgehead atoms. The zero-order chi connectivity index (χ0) is 22.5. The van der Waals surface area contributed by atoms with Gasteiger partial charge in [0.05, 0.1) is 0 Å². The lowest BCUT2D eigenvalue weighted by atomic mass is 10.0. The molecule has 3 aromatic rings. The highest BCUT2D eigenvalue weighted by Crippen LogP contribution is 2.25. The molecular weight excluding hydrogens is 400 g/mol. The van der Waals surface area contributed by atoms with E-state index in [2.05, 4.69) is 10.6 Å². The first-order chi connectivity index (χ1) is 15.6. The van der Waals surface area contributed by atoms with E-state index in [0.29, 0.717) is 12.1 Å². The smallest absolute Gasteiger partial charge is 0.319 e. The van der Waals surface area contributed by atoms with Gasteiger partial charge in [-0.15, -0.1) is 0 Å². The normalized spacial score (nSPS) is 13.1. The topological polar surface area (TPSA) is 85.2 Å². The lowest BCUT2D eigenvalue weighted by Crippen LogP contribution is -2.49. The van der Waals surface area contributed by atoms with Gasteiger partial charge < -0.3 is 10.6 Å². The zero-order valence-electron chi connectivity index (χ0n) is 18.1. The Balaban J connectivity index is 1.52. The molecule has 0 fully saturated rings. The number of hydrogen-bond acceptors (Lipinski definition) is 3. The van der Waals surface area contributed by atoms with Gasteiger partial charge in [0.1, 0.15) is 6.04 Å². The summed E-state index contributed by atoms with van der Waals surface area (Å²) in [6, 6.07) is 18.5. The summed E-state index contributed by atoms with van der Waals surface area (Å²) in [6.45, 7) is 1.98. The molecule has 0 saturated carbocycles. The summed E-state index contributed by atoms with van der Waals surface area (Å²) in [4.78, 5) is 26.8. The Kier molecular flexibility index (Phi) is 6.37. The minimum atomic E-state index is -0.856. The number of anilines is 1. The fourth-order valence-corrected chi connectivity index (χ4v) is 4.24. The second-order valence-electron chi connectivity index (χ2n) is 8.06. The number of nitrogens with one attached hydrogen (secondary N) is 2. The average Bonchev–Trinajstić information content (AvgIpc) is 3.27. The maximum Gasteiger partial charge on any atom is 0.319 e. The van der Waals surface area contributed by atoms with Gasteiger partial charge in [0, 0.05) is 18.7 Å². The maximum atomic E-state index is 13.0. The predicted octanol–water partition coefficient (Wildman–Crippen LogP) is 4.39. The van der Waals surface area contributed by atoms with Crippen molar-refractivity contribution in [2.75, 3.05) is 11.9 Å². The highest BCUT2D eigenvalue weighted by molar-refractivity contribution is 5.94. The molecule has 1 atom stereocenters. The van der Waals surface area contributed by atoms with Crippen LogP contribution in [0.1, 0.15) is 30.0 Å². The summed E-state index contributed by atoms with van der Waals surface area (Å²) in [6.07, 6.45) is 5.43. The maximum absolute atomic E-state index is 13.0. The third-order valence-electron chi connectivity index (χ3n) is 5.92. The van der Waals surface area contributed by atoms with E-state index >= 15 is 0 Å². The minimum Gasteiger partial charge on any atom is -0.326 e. The Bertz CT molecular complexity index is 1200. The fourth-order valence-electron chi connectivity index (χ4n) is 4.24. The van der Waals surface area contributed by atoms with Gasteiger partial charge >= 0.3 is 6.03 Å². The molecule has 2 N–H and O–H groups in total. The number of amides is 3. The van der Waals surface area contributed by atoms with Gasteiger partial charge in [0.25, 0.3) is 5.91 Å². The van der Waals surface area contributed by atoms with Crippen molar-refractivity contribution >= 4 is 28.4 Å². The van der Waals surface area contributed by atoms with Crippen molar-refractivity contribution in [3.05, 3.63) is 77.4 Å². The molecule has 0 saturated heterocycles. The summed E-state index contributed by atoms with van der Waals surface area (Å²) >= 11 is 0. The molecule has 0 spiro atoms. The van der Waals surface area contributed by atoms with Gasteiger partial charge in [0.15, 0.2) is 6.19 Å². The Labute approximate surface area is 187 Å². The molecule has 0 radical (unpaired) electrons. The number of nitriles is 1. The summed E-state index contributed by atoms with van der Waals surface area (Å²) in [7, 11) is 0. The van der Waals surface area contributed by atoms with Gasteiger partial charge in [-0.3, -0.25) is 4.79 Å². The van der Waals surface area contributed by atoms with E-state index in [1.807, 2.05) is 66.9 Å². The average molecular weight is 427 g/mol. The molecule has 4 rings (SSSR count). The van der Waals surface area contributed by atoms with Gasteiger partial charge in [-0.1, -0.05) is 48.5 Å². The second-order valence-corrected chi connectivity index (χ2v) is 8.06. The number of fused-ring (bicyclic) bond motifs is 2. The van der Waals surface area contributed by atoms with Crippen LogP contribution in [-0.4, -0.2) is 29.4 Å². The van der Waals surface area contributed by atoms with E-state index in [1.165, 1.54) is 11.1 Å². The number of hydrogen-bond donors (Lipinski definition) is 2. The van der Waals surface area contributed by atoms with Crippen molar-refractivity contribution < 1.29 is 9.59 Å². The van der Waals surface area contributed by atoms with E-state index in [0.717, 1.165) is 40.5 Å². The van der Waals surface area contributed by atoms with Crippen molar-refractivity contribution in [2.45, 2.75) is 38.6 Å². The number of aryl methyl sites for hydroxylation is 2. The fraction of sp³-hybridized carbons (Fsp3) is 0.269. The Morgan fingerprint density at radius 1 is 1.03 bits per heavy atom. The van der Waals surface area contributed by atoms with Gasteiger partial charge in [0.2, 0.25) is 0 Å².